The first kappa shape index (κ1) is 17.8. The normalized spacial score (nSPS) is 12.0. The predicted octanol–water partition coefficient (Wildman–Crippen LogP) is 1.53. The van der Waals surface area contributed by atoms with Gasteiger partial charge in [-0.3, -0.25) is 0 Å². The first-order valence-electron chi connectivity index (χ1n) is 7.18. The van der Waals surface area contributed by atoms with E-state index < -0.39 is 10.0 Å². The van der Waals surface area contributed by atoms with E-state index in [1.165, 1.54) is 13.1 Å². The number of rotatable bonds is 6. The molecular weight excluding hydrogens is 328 g/mol. The summed E-state index contributed by atoms with van der Waals surface area (Å²) < 4.78 is 30.9. The molecular formula is C16H20N4O3S. The minimum absolute atomic E-state index is 0.194. The molecule has 8 heteroatoms. The van der Waals surface area contributed by atoms with Gasteiger partial charge in [0.05, 0.1) is 18.6 Å². The molecule has 0 atom stereocenters. The van der Waals surface area contributed by atoms with Gasteiger partial charge in [-0.25, -0.2) is 18.1 Å². The lowest BCUT2D eigenvalue weighted by atomic mass is 10.2. The van der Waals surface area contributed by atoms with Gasteiger partial charge in [0.2, 0.25) is 10.0 Å². The fourth-order valence-electron chi connectivity index (χ4n) is 1.97. The van der Waals surface area contributed by atoms with E-state index in [2.05, 4.69) is 15.0 Å². The van der Waals surface area contributed by atoms with E-state index in [0.29, 0.717) is 0 Å². The largest absolute Gasteiger partial charge is 0.497 e. The zero-order valence-corrected chi connectivity index (χ0v) is 14.3. The molecule has 0 aliphatic rings. The molecule has 2 aromatic rings. The minimum atomic E-state index is -3.47. The number of nitrogens with zero attached hydrogens (tertiary/aromatic N) is 1. The van der Waals surface area contributed by atoms with Crippen LogP contribution in [0.2, 0.25) is 0 Å². The standard InChI is InChI=1S/C16H20N4O3S/c1-18-24(21,22)15-5-3-4-12(10-15)11-19-16(17)20-13-6-8-14(23-2)9-7-13/h3-10,18H,11H2,1-2H3,(H3,17,19,20). The Morgan fingerprint density at radius 2 is 1.92 bits per heavy atom. The van der Waals surface area contributed by atoms with Crippen LogP contribution in [0.4, 0.5) is 5.69 Å². The molecule has 0 unspecified atom stereocenters. The highest BCUT2D eigenvalue weighted by Gasteiger charge is 2.11. The van der Waals surface area contributed by atoms with Crippen molar-refractivity contribution in [3.05, 3.63) is 54.1 Å². The quantitative estimate of drug-likeness (QED) is 0.542. The molecule has 0 amide bonds. The van der Waals surface area contributed by atoms with E-state index >= 15 is 0 Å². The second-order valence-corrected chi connectivity index (χ2v) is 6.80. The summed E-state index contributed by atoms with van der Waals surface area (Å²) in [5.41, 5.74) is 7.37. The van der Waals surface area contributed by atoms with Crippen LogP contribution in [0.25, 0.3) is 0 Å². The molecule has 4 N–H and O–H groups in total. The number of hydrogen-bond acceptors (Lipinski definition) is 4. The molecule has 24 heavy (non-hydrogen) atoms. The molecule has 0 spiro atoms. The van der Waals surface area contributed by atoms with Gasteiger partial charge in [0.15, 0.2) is 5.96 Å². The summed E-state index contributed by atoms with van der Waals surface area (Å²) in [7, 11) is -0.502. The maximum absolute atomic E-state index is 11.8. The number of methoxy groups -OCH3 is 1. The average Bonchev–Trinajstić information content (AvgIpc) is 2.61. The van der Waals surface area contributed by atoms with Crippen molar-refractivity contribution in [2.45, 2.75) is 11.4 Å². The molecule has 0 aliphatic heterocycles. The zero-order chi connectivity index (χ0) is 17.6. The number of nitrogens with one attached hydrogen (secondary N) is 2. The van der Waals surface area contributed by atoms with E-state index in [1.807, 2.05) is 24.3 Å². The number of nitrogens with two attached hydrogens (primary N) is 1. The molecule has 0 saturated carbocycles. The topological polar surface area (TPSA) is 106 Å². The second kappa shape index (κ2) is 7.80. The van der Waals surface area contributed by atoms with Crippen molar-refractivity contribution in [2.75, 3.05) is 19.5 Å². The smallest absolute Gasteiger partial charge is 0.240 e. The van der Waals surface area contributed by atoms with E-state index in [9.17, 15) is 8.42 Å². The van der Waals surface area contributed by atoms with Crippen LogP contribution in [0.15, 0.2) is 58.4 Å². The summed E-state index contributed by atoms with van der Waals surface area (Å²) in [6, 6.07) is 13.8. The van der Waals surface area contributed by atoms with Crippen LogP contribution < -0.4 is 20.5 Å². The Morgan fingerprint density at radius 1 is 1.21 bits per heavy atom. The van der Waals surface area contributed by atoms with Gasteiger partial charge in [0, 0.05) is 5.69 Å². The van der Waals surface area contributed by atoms with Gasteiger partial charge in [0.25, 0.3) is 0 Å². The molecule has 0 bridgehead atoms. The monoisotopic (exact) mass is 348 g/mol. The average molecular weight is 348 g/mol. The molecule has 2 aromatic carbocycles. The zero-order valence-electron chi connectivity index (χ0n) is 13.5. The van der Waals surface area contributed by atoms with Gasteiger partial charge in [-0.1, -0.05) is 12.1 Å². The van der Waals surface area contributed by atoms with Crippen LogP contribution in [-0.4, -0.2) is 28.5 Å². The number of benzene rings is 2. The predicted molar refractivity (Wildman–Crippen MR) is 94.6 cm³/mol. The highest BCUT2D eigenvalue weighted by molar-refractivity contribution is 7.89. The highest BCUT2D eigenvalue weighted by Crippen LogP contribution is 2.15. The Labute approximate surface area is 141 Å². The van der Waals surface area contributed by atoms with Crippen molar-refractivity contribution >= 4 is 21.7 Å². The lowest BCUT2D eigenvalue weighted by Gasteiger charge is -2.07. The second-order valence-electron chi connectivity index (χ2n) is 4.91. The number of hydrogen-bond donors (Lipinski definition) is 3. The van der Waals surface area contributed by atoms with Crippen molar-refractivity contribution in [2.24, 2.45) is 10.7 Å². The molecule has 2 rings (SSSR count). The Hall–Kier alpha value is -2.58. The van der Waals surface area contributed by atoms with Crippen LogP contribution in [0.3, 0.4) is 0 Å². The van der Waals surface area contributed by atoms with Crippen LogP contribution in [-0.2, 0) is 16.6 Å². The molecule has 0 radical (unpaired) electrons. The molecule has 0 fully saturated rings. The number of ether oxygens (including phenoxy) is 1. The maximum atomic E-state index is 11.8. The number of guanidine groups is 1. The first-order chi connectivity index (χ1) is 11.4. The Balaban J connectivity index is 2.05. The van der Waals surface area contributed by atoms with Crippen LogP contribution in [0.5, 0.6) is 5.75 Å². The van der Waals surface area contributed by atoms with E-state index in [0.717, 1.165) is 17.0 Å². The number of aliphatic imine (C=N–C) groups is 1. The fraction of sp³-hybridized carbons (Fsp3) is 0.188. The lowest BCUT2D eigenvalue weighted by Crippen LogP contribution is -2.22. The molecule has 0 aliphatic carbocycles. The SMILES string of the molecule is CNS(=O)(=O)c1cccc(CN=C(N)Nc2ccc(OC)cc2)c1. The van der Waals surface area contributed by atoms with Gasteiger partial charge in [-0.05, 0) is 49.0 Å². The van der Waals surface area contributed by atoms with Gasteiger partial charge < -0.3 is 15.8 Å². The van der Waals surface area contributed by atoms with Gasteiger partial charge in [-0.2, -0.15) is 0 Å². The Bertz CT molecular complexity index is 817. The van der Waals surface area contributed by atoms with Crippen molar-refractivity contribution in [3.8, 4) is 5.75 Å². The summed E-state index contributed by atoms with van der Waals surface area (Å²) in [6.07, 6.45) is 0. The Kier molecular flexibility index (Phi) is 5.78. The van der Waals surface area contributed by atoms with Crippen molar-refractivity contribution < 1.29 is 13.2 Å². The summed E-state index contributed by atoms with van der Waals surface area (Å²) in [5.74, 6) is 0.987. The highest BCUT2D eigenvalue weighted by atomic mass is 32.2. The third-order valence-electron chi connectivity index (χ3n) is 3.27. The lowest BCUT2D eigenvalue weighted by molar-refractivity contribution is 0.415. The number of anilines is 1. The van der Waals surface area contributed by atoms with Crippen molar-refractivity contribution in [1.29, 1.82) is 0 Å². The summed E-state index contributed by atoms with van der Waals surface area (Å²) in [4.78, 5) is 4.41. The van der Waals surface area contributed by atoms with Crippen LogP contribution >= 0.6 is 0 Å². The van der Waals surface area contributed by atoms with Gasteiger partial charge in [0.1, 0.15) is 5.75 Å². The van der Waals surface area contributed by atoms with E-state index in [4.69, 9.17) is 10.5 Å². The van der Waals surface area contributed by atoms with Gasteiger partial charge >= 0.3 is 0 Å². The molecule has 0 aromatic heterocycles. The van der Waals surface area contributed by atoms with Crippen molar-refractivity contribution in [3.63, 3.8) is 0 Å². The van der Waals surface area contributed by atoms with Crippen LogP contribution in [0, 0.1) is 0 Å². The van der Waals surface area contributed by atoms with E-state index in [-0.39, 0.29) is 17.4 Å². The minimum Gasteiger partial charge on any atom is -0.497 e. The summed E-state index contributed by atoms with van der Waals surface area (Å²) in [5, 5.41) is 2.96. The molecule has 128 valence electrons. The summed E-state index contributed by atoms with van der Waals surface area (Å²) in [6.45, 7) is 0.266. The maximum Gasteiger partial charge on any atom is 0.240 e. The third-order valence-corrected chi connectivity index (χ3v) is 4.68. The first-order valence-corrected chi connectivity index (χ1v) is 8.66. The van der Waals surface area contributed by atoms with Crippen LogP contribution in [0.1, 0.15) is 5.56 Å². The van der Waals surface area contributed by atoms with Gasteiger partial charge in [-0.15, -0.1) is 0 Å². The van der Waals surface area contributed by atoms with E-state index in [1.54, 1.807) is 25.3 Å². The molecule has 0 heterocycles. The molecule has 0 saturated heterocycles. The number of sulfonamides is 1. The third kappa shape index (κ3) is 4.71. The molecule has 7 nitrogen and oxygen atoms in total. The Morgan fingerprint density at radius 3 is 2.54 bits per heavy atom. The summed E-state index contributed by atoms with van der Waals surface area (Å²) >= 11 is 0. The van der Waals surface area contributed by atoms with Crippen molar-refractivity contribution in [1.82, 2.24) is 4.72 Å². The fourth-order valence-corrected chi connectivity index (χ4v) is 2.77.